The molecule has 2 aromatic rings. The van der Waals surface area contributed by atoms with E-state index in [-0.39, 0.29) is 5.58 Å². The number of hydrogen-bond acceptors (Lipinski definition) is 6. The highest BCUT2D eigenvalue weighted by Crippen LogP contribution is 2.27. The second-order valence-corrected chi connectivity index (χ2v) is 4.66. The molecule has 9 heteroatoms. The SMILES string of the molecule is N#[N+]c1c([O-])oc2cccc(S(=O)(=O)O)c2c1=O. The smallest absolute Gasteiger partial charge is 0.454 e. The van der Waals surface area contributed by atoms with Crippen molar-refractivity contribution in [1.29, 1.82) is 5.39 Å². The Bertz CT molecular complexity index is 846. The zero-order valence-corrected chi connectivity index (χ0v) is 9.34. The van der Waals surface area contributed by atoms with Crippen molar-refractivity contribution in [3.8, 4) is 5.95 Å². The first-order chi connectivity index (χ1) is 8.36. The molecule has 92 valence electrons. The molecule has 0 spiro atoms. The summed E-state index contributed by atoms with van der Waals surface area (Å²) < 4.78 is 35.8. The summed E-state index contributed by atoms with van der Waals surface area (Å²) in [5.74, 6) is -1.21. The van der Waals surface area contributed by atoms with Crippen LogP contribution in [0, 0.1) is 5.39 Å². The summed E-state index contributed by atoms with van der Waals surface area (Å²) in [6.45, 7) is 0. The van der Waals surface area contributed by atoms with E-state index in [0.29, 0.717) is 0 Å². The molecule has 0 atom stereocenters. The fraction of sp³-hybridized carbons (Fsp3) is 0. The highest BCUT2D eigenvalue weighted by molar-refractivity contribution is 7.86. The van der Waals surface area contributed by atoms with Gasteiger partial charge in [0.05, 0.1) is 5.39 Å². The van der Waals surface area contributed by atoms with Crippen molar-refractivity contribution in [2.45, 2.75) is 4.90 Å². The molecule has 18 heavy (non-hydrogen) atoms. The molecule has 0 saturated carbocycles. The highest BCUT2D eigenvalue weighted by atomic mass is 32.2. The summed E-state index contributed by atoms with van der Waals surface area (Å²) in [6.07, 6.45) is 0. The molecular formula is C9H4N2O6S. The van der Waals surface area contributed by atoms with Crippen LogP contribution in [0.4, 0.5) is 5.69 Å². The zero-order chi connectivity index (χ0) is 13.5. The number of diazo groups is 1. The number of rotatable bonds is 1. The van der Waals surface area contributed by atoms with E-state index >= 15 is 0 Å². The van der Waals surface area contributed by atoms with Gasteiger partial charge in [0.1, 0.15) is 4.90 Å². The van der Waals surface area contributed by atoms with Crippen LogP contribution in [0.3, 0.4) is 0 Å². The van der Waals surface area contributed by atoms with Gasteiger partial charge in [-0.2, -0.15) is 8.42 Å². The molecule has 0 saturated heterocycles. The van der Waals surface area contributed by atoms with Crippen molar-refractivity contribution in [3.63, 3.8) is 0 Å². The summed E-state index contributed by atoms with van der Waals surface area (Å²) in [6, 6.07) is 3.32. The van der Waals surface area contributed by atoms with E-state index in [4.69, 9.17) is 9.95 Å². The van der Waals surface area contributed by atoms with Gasteiger partial charge in [-0.25, -0.2) is 0 Å². The minimum atomic E-state index is -4.68. The van der Waals surface area contributed by atoms with Crippen LogP contribution in [0.2, 0.25) is 0 Å². The fourth-order valence-corrected chi connectivity index (χ4v) is 2.18. The van der Waals surface area contributed by atoms with Crippen LogP contribution in [0.15, 0.2) is 32.3 Å². The van der Waals surface area contributed by atoms with Crippen LogP contribution in [-0.4, -0.2) is 13.0 Å². The fourth-order valence-electron chi connectivity index (χ4n) is 1.48. The number of hydrogen-bond donors (Lipinski definition) is 1. The van der Waals surface area contributed by atoms with Crippen LogP contribution >= 0.6 is 0 Å². The monoisotopic (exact) mass is 268 g/mol. The van der Waals surface area contributed by atoms with E-state index in [1.54, 1.807) is 0 Å². The van der Waals surface area contributed by atoms with E-state index in [1.807, 2.05) is 0 Å². The maximum atomic E-state index is 11.8. The second-order valence-electron chi connectivity index (χ2n) is 3.27. The molecule has 0 aliphatic carbocycles. The number of fused-ring (bicyclic) bond motifs is 1. The first-order valence-electron chi connectivity index (χ1n) is 4.45. The minimum absolute atomic E-state index is 0.326. The summed E-state index contributed by atoms with van der Waals surface area (Å²) in [7, 11) is -4.68. The van der Waals surface area contributed by atoms with Gasteiger partial charge in [-0.1, -0.05) is 6.07 Å². The van der Waals surface area contributed by atoms with Gasteiger partial charge in [-0.05, 0) is 12.1 Å². The van der Waals surface area contributed by atoms with Gasteiger partial charge >= 0.3 is 5.69 Å². The Hall–Kier alpha value is -2.44. The van der Waals surface area contributed by atoms with E-state index in [1.165, 1.54) is 12.1 Å². The van der Waals surface area contributed by atoms with E-state index < -0.39 is 37.5 Å². The lowest BCUT2D eigenvalue weighted by molar-refractivity contribution is -0.292. The molecule has 1 heterocycles. The summed E-state index contributed by atoms with van der Waals surface area (Å²) in [5, 5.41) is 19.2. The zero-order valence-electron chi connectivity index (χ0n) is 8.52. The third kappa shape index (κ3) is 1.69. The Morgan fingerprint density at radius 2 is 2.06 bits per heavy atom. The molecule has 8 nitrogen and oxygen atoms in total. The Kier molecular flexibility index (Phi) is 2.54. The Labute approximate surface area is 99.5 Å². The van der Waals surface area contributed by atoms with Crippen LogP contribution < -0.4 is 10.5 Å². The average molecular weight is 268 g/mol. The molecule has 1 aromatic heterocycles. The lowest BCUT2D eigenvalue weighted by atomic mass is 10.2. The molecule has 0 bridgehead atoms. The quantitative estimate of drug-likeness (QED) is 0.590. The highest BCUT2D eigenvalue weighted by Gasteiger charge is 2.23. The largest absolute Gasteiger partial charge is 0.573 e. The molecule has 1 N–H and O–H groups in total. The predicted molar refractivity (Wildman–Crippen MR) is 56.5 cm³/mol. The van der Waals surface area contributed by atoms with E-state index in [0.717, 1.165) is 6.07 Å². The van der Waals surface area contributed by atoms with Gasteiger partial charge < -0.3 is 9.52 Å². The van der Waals surface area contributed by atoms with Crippen molar-refractivity contribution in [2.75, 3.05) is 0 Å². The molecule has 0 unspecified atom stereocenters. The standard InChI is InChI=1S/C9H4N2O6S/c10-11-7-8(12)6-4(17-9(7)13)2-1-3-5(6)18(14,15)16/h1-3H,(H-,12,13,14,15,16). The van der Waals surface area contributed by atoms with Crippen molar-refractivity contribution in [1.82, 2.24) is 0 Å². The second kappa shape index (κ2) is 3.80. The first kappa shape index (κ1) is 12.0. The van der Waals surface area contributed by atoms with Gasteiger partial charge in [0.15, 0.2) is 10.9 Å². The van der Waals surface area contributed by atoms with Crippen molar-refractivity contribution >= 4 is 26.8 Å². The third-order valence-corrected chi connectivity index (χ3v) is 3.10. The summed E-state index contributed by atoms with van der Waals surface area (Å²) in [4.78, 5) is 13.5. The average Bonchev–Trinajstić information content (AvgIpc) is 2.27. The summed E-state index contributed by atoms with van der Waals surface area (Å²) >= 11 is 0. The minimum Gasteiger partial charge on any atom is -0.573 e. The topological polar surface area (TPSA) is 136 Å². The van der Waals surface area contributed by atoms with Crippen molar-refractivity contribution < 1.29 is 22.5 Å². The Balaban J connectivity index is 3.13. The third-order valence-electron chi connectivity index (χ3n) is 2.20. The normalized spacial score (nSPS) is 11.3. The maximum absolute atomic E-state index is 11.8. The predicted octanol–water partition coefficient (Wildman–Crippen LogP) is 0.598. The molecule has 0 aliphatic heterocycles. The molecule has 0 fully saturated rings. The van der Waals surface area contributed by atoms with Gasteiger partial charge in [-0.15, -0.1) is 0 Å². The molecular weight excluding hydrogens is 264 g/mol. The van der Waals surface area contributed by atoms with E-state index in [2.05, 4.69) is 9.39 Å². The van der Waals surface area contributed by atoms with Crippen molar-refractivity contribution in [3.05, 3.63) is 33.4 Å². The number of benzene rings is 1. The van der Waals surface area contributed by atoms with Gasteiger partial charge in [0, 0.05) is 5.58 Å². The van der Waals surface area contributed by atoms with Gasteiger partial charge in [0.2, 0.25) is 5.39 Å². The van der Waals surface area contributed by atoms with Crippen LogP contribution in [0.25, 0.3) is 15.9 Å². The molecule has 2 rings (SSSR count). The van der Waals surface area contributed by atoms with Gasteiger partial charge in [0.25, 0.3) is 15.5 Å². The first-order valence-corrected chi connectivity index (χ1v) is 5.89. The van der Waals surface area contributed by atoms with Crippen LogP contribution in [0.5, 0.6) is 5.95 Å². The lowest BCUT2D eigenvalue weighted by Gasteiger charge is -2.06. The summed E-state index contributed by atoms with van der Waals surface area (Å²) in [5.41, 5.74) is -2.43. The molecule has 0 aliphatic rings. The Morgan fingerprint density at radius 3 is 2.61 bits per heavy atom. The van der Waals surface area contributed by atoms with Crippen LogP contribution in [-0.2, 0) is 10.1 Å². The maximum Gasteiger partial charge on any atom is 0.454 e. The Morgan fingerprint density at radius 1 is 1.39 bits per heavy atom. The molecule has 0 amide bonds. The number of nitrogens with zero attached hydrogens (tertiary/aromatic N) is 2. The molecule has 0 radical (unpaired) electrons. The van der Waals surface area contributed by atoms with Crippen molar-refractivity contribution in [2.24, 2.45) is 0 Å². The van der Waals surface area contributed by atoms with E-state index in [9.17, 15) is 18.3 Å². The van der Waals surface area contributed by atoms with Crippen LogP contribution in [0.1, 0.15) is 0 Å². The molecule has 1 aromatic carbocycles. The van der Waals surface area contributed by atoms with Gasteiger partial charge in [-0.3, -0.25) is 9.35 Å². The lowest BCUT2D eigenvalue weighted by Crippen LogP contribution is -2.09.